The smallest absolute Gasteiger partial charge is 0.336 e. The second-order valence-electron chi connectivity index (χ2n) is 3.51. The zero-order valence-electron chi connectivity index (χ0n) is 9.47. The summed E-state index contributed by atoms with van der Waals surface area (Å²) < 4.78 is 0. The fourth-order valence-corrected chi connectivity index (χ4v) is 1.59. The third kappa shape index (κ3) is 2.36. The predicted molar refractivity (Wildman–Crippen MR) is 64.6 cm³/mol. The lowest BCUT2D eigenvalue weighted by Crippen LogP contribution is -2.25. The van der Waals surface area contributed by atoms with E-state index in [4.69, 9.17) is 22.3 Å². The van der Waals surface area contributed by atoms with Gasteiger partial charge in [-0.3, -0.25) is 9.59 Å². The molecule has 7 nitrogen and oxygen atoms in total. The summed E-state index contributed by atoms with van der Waals surface area (Å²) in [4.78, 5) is 34.4. The standard InChI is InChI=1S/C11H13N3O4/c12-3-7(15)9-5(11(17)18)1-2-6(14)10(9)8(16)4-13/h1-2H,3-4,12-14H2,(H,17,18). The number of anilines is 1. The number of carboxylic acid groups (broad SMARTS) is 1. The van der Waals surface area contributed by atoms with Gasteiger partial charge in [0, 0.05) is 11.3 Å². The first kappa shape index (κ1) is 13.8. The van der Waals surface area contributed by atoms with Crippen LogP contribution in [0, 0.1) is 0 Å². The Kier molecular flexibility index (Phi) is 4.13. The third-order valence-electron chi connectivity index (χ3n) is 2.40. The molecule has 7 heteroatoms. The van der Waals surface area contributed by atoms with Crippen molar-refractivity contribution in [1.29, 1.82) is 0 Å². The number of hydrogen-bond acceptors (Lipinski definition) is 6. The number of carboxylic acids is 1. The molecule has 0 aliphatic rings. The van der Waals surface area contributed by atoms with Gasteiger partial charge in [0.2, 0.25) is 0 Å². The molecule has 0 aliphatic heterocycles. The average Bonchev–Trinajstić information content (AvgIpc) is 2.36. The van der Waals surface area contributed by atoms with E-state index in [9.17, 15) is 14.4 Å². The van der Waals surface area contributed by atoms with Crippen molar-refractivity contribution in [2.75, 3.05) is 18.8 Å². The number of nitrogens with two attached hydrogens (primary N) is 3. The molecule has 1 rings (SSSR count). The summed E-state index contributed by atoms with van der Waals surface area (Å²) in [6.07, 6.45) is 0. The molecular formula is C11H13N3O4. The number of nitrogen functional groups attached to an aromatic ring is 1. The van der Waals surface area contributed by atoms with Gasteiger partial charge in [0.1, 0.15) is 0 Å². The van der Waals surface area contributed by atoms with Crippen LogP contribution in [-0.2, 0) is 0 Å². The molecule has 0 bridgehead atoms. The van der Waals surface area contributed by atoms with Crippen molar-refractivity contribution < 1.29 is 19.5 Å². The minimum absolute atomic E-state index is 0.00671. The van der Waals surface area contributed by atoms with Gasteiger partial charge in [-0.15, -0.1) is 0 Å². The first-order chi connectivity index (χ1) is 8.43. The third-order valence-corrected chi connectivity index (χ3v) is 2.40. The quantitative estimate of drug-likeness (QED) is 0.397. The van der Waals surface area contributed by atoms with Gasteiger partial charge in [-0.1, -0.05) is 0 Å². The maximum atomic E-state index is 11.7. The molecule has 0 heterocycles. The second-order valence-corrected chi connectivity index (χ2v) is 3.51. The van der Waals surface area contributed by atoms with E-state index < -0.39 is 24.1 Å². The molecule has 0 unspecified atom stereocenters. The molecule has 0 fully saturated rings. The highest BCUT2D eigenvalue weighted by Crippen LogP contribution is 2.22. The molecule has 18 heavy (non-hydrogen) atoms. The molecule has 0 aromatic heterocycles. The lowest BCUT2D eigenvalue weighted by molar-refractivity contribution is 0.0692. The zero-order valence-corrected chi connectivity index (χ0v) is 9.47. The van der Waals surface area contributed by atoms with Gasteiger partial charge < -0.3 is 22.3 Å². The number of aromatic carboxylic acids is 1. The highest BCUT2D eigenvalue weighted by molar-refractivity contribution is 6.17. The zero-order chi connectivity index (χ0) is 13.9. The van der Waals surface area contributed by atoms with Gasteiger partial charge >= 0.3 is 5.97 Å². The summed E-state index contributed by atoms with van der Waals surface area (Å²) in [7, 11) is 0. The maximum Gasteiger partial charge on any atom is 0.336 e. The topological polar surface area (TPSA) is 150 Å². The normalized spacial score (nSPS) is 10.1. The van der Waals surface area contributed by atoms with E-state index in [0.717, 1.165) is 6.07 Å². The summed E-state index contributed by atoms with van der Waals surface area (Å²) in [6.45, 7) is -0.799. The fourth-order valence-electron chi connectivity index (χ4n) is 1.59. The Morgan fingerprint density at radius 1 is 1.00 bits per heavy atom. The minimum atomic E-state index is -1.34. The number of benzene rings is 1. The summed E-state index contributed by atoms with van der Waals surface area (Å²) >= 11 is 0. The van der Waals surface area contributed by atoms with E-state index in [1.54, 1.807) is 0 Å². The molecule has 0 amide bonds. The Morgan fingerprint density at radius 3 is 1.94 bits per heavy atom. The van der Waals surface area contributed by atoms with Crippen molar-refractivity contribution in [3.8, 4) is 0 Å². The monoisotopic (exact) mass is 251 g/mol. The van der Waals surface area contributed by atoms with Crippen LogP contribution in [0.1, 0.15) is 31.1 Å². The van der Waals surface area contributed by atoms with Gasteiger partial charge in [0.05, 0.1) is 24.2 Å². The van der Waals surface area contributed by atoms with E-state index in [1.807, 2.05) is 0 Å². The van der Waals surface area contributed by atoms with E-state index in [1.165, 1.54) is 6.07 Å². The molecule has 0 radical (unpaired) electrons. The highest BCUT2D eigenvalue weighted by atomic mass is 16.4. The van der Waals surface area contributed by atoms with Gasteiger partial charge in [0.15, 0.2) is 11.6 Å². The predicted octanol–water partition coefficient (Wildman–Crippen LogP) is -0.750. The van der Waals surface area contributed by atoms with Crippen molar-refractivity contribution in [2.24, 2.45) is 11.5 Å². The number of ketones is 2. The van der Waals surface area contributed by atoms with Crippen molar-refractivity contribution >= 4 is 23.2 Å². The summed E-state index contributed by atoms with van der Waals surface area (Å²) in [5, 5.41) is 9.00. The molecule has 7 N–H and O–H groups in total. The average molecular weight is 251 g/mol. The number of Topliss-reactive ketones (excluding diaryl/α,β-unsaturated/α-hetero) is 2. The molecular weight excluding hydrogens is 238 g/mol. The molecule has 1 aromatic carbocycles. The minimum Gasteiger partial charge on any atom is -0.478 e. The fraction of sp³-hybridized carbons (Fsp3) is 0.182. The summed E-state index contributed by atoms with van der Waals surface area (Å²) in [5.41, 5.74) is 15.3. The highest BCUT2D eigenvalue weighted by Gasteiger charge is 2.24. The molecule has 0 saturated heterocycles. The number of rotatable bonds is 5. The lowest BCUT2D eigenvalue weighted by Gasteiger charge is -2.12. The summed E-state index contributed by atoms with van der Waals surface area (Å²) in [6, 6.07) is 2.41. The first-order valence-corrected chi connectivity index (χ1v) is 5.06. The van der Waals surface area contributed by atoms with Crippen molar-refractivity contribution in [3.05, 3.63) is 28.8 Å². The number of carbonyl (C=O) groups is 3. The molecule has 0 spiro atoms. The van der Waals surface area contributed by atoms with Crippen LogP contribution in [0.25, 0.3) is 0 Å². The molecule has 1 aromatic rings. The van der Waals surface area contributed by atoms with Gasteiger partial charge in [-0.25, -0.2) is 4.79 Å². The van der Waals surface area contributed by atoms with Gasteiger partial charge in [-0.2, -0.15) is 0 Å². The number of carbonyl (C=O) groups excluding carboxylic acids is 2. The van der Waals surface area contributed by atoms with E-state index in [2.05, 4.69) is 0 Å². The van der Waals surface area contributed by atoms with E-state index >= 15 is 0 Å². The molecule has 0 atom stereocenters. The molecule has 0 aliphatic carbocycles. The summed E-state index contributed by atoms with van der Waals surface area (Å²) in [5.74, 6) is -2.61. The maximum absolute atomic E-state index is 11.7. The Hall–Kier alpha value is -2.25. The lowest BCUT2D eigenvalue weighted by atomic mass is 9.93. The largest absolute Gasteiger partial charge is 0.478 e. The Bertz CT molecular complexity index is 525. The van der Waals surface area contributed by atoms with Crippen LogP contribution in [0.3, 0.4) is 0 Å². The van der Waals surface area contributed by atoms with Crippen molar-refractivity contribution in [3.63, 3.8) is 0 Å². The SMILES string of the molecule is NCC(=O)c1c(N)ccc(C(=O)O)c1C(=O)CN. The van der Waals surface area contributed by atoms with Gasteiger partial charge in [-0.05, 0) is 12.1 Å². The first-order valence-electron chi connectivity index (χ1n) is 5.06. The van der Waals surface area contributed by atoms with Gasteiger partial charge in [0.25, 0.3) is 0 Å². The molecule has 96 valence electrons. The molecule has 0 saturated carbocycles. The Morgan fingerprint density at radius 2 is 1.50 bits per heavy atom. The van der Waals surface area contributed by atoms with Crippen LogP contribution in [0.2, 0.25) is 0 Å². The van der Waals surface area contributed by atoms with Crippen LogP contribution in [-0.4, -0.2) is 35.7 Å². The van der Waals surface area contributed by atoms with Crippen LogP contribution in [0.4, 0.5) is 5.69 Å². The van der Waals surface area contributed by atoms with E-state index in [-0.39, 0.29) is 28.9 Å². The van der Waals surface area contributed by atoms with Crippen LogP contribution in [0.5, 0.6) is 0 Å². The Balaban J connectivity index is 3.65. The number of hydrogen-bond donors (Lipinski definition) is 4. The van der Waals surface area contributed by atoms with Crippen molar-refractivity contribution in [2.45, 2.75) is 0 Å². The second kappa shape index (κ2) is 5.39. The van der Waals surface area contributed by atoms with Crippen LogP contribution in [0.15, 0.2) is 12.1 Å². The van der Waals surface area contributed by atoms with E-state index in [0.29, 0.717) is 0 Å². The van der Waals surface area contributed by atoms with Crippen LogP contribution < -0.4 is 17.2 Å². The Labute approximate surface area is 103 Å². The van der Waals surface area contributed by atoms with Crippen LogP contribution >= 0.6 is 0 Å². The van der Waals surface area contributed by atoms with Crippen molar-refractivity contribution in [1.82, 2.24) is 0 Å².